The number of hydrogen-bond donors (Lipinski definition) is 0. The lowest BCUT2D eigenvalue weighted by molar-refractivity contribution is -0.148. The number of fused-ring (bicyclic) bond motifs is 2. The highest BCUT2D eigenvalue weighted by Gasteiger charge is 2.15. The van der Waals surface area contributed by atoms with Crippen LogP contribution in [-0.2, 0) is 20.9 Å². The number of thiophene rings is 2. The monoisotopic (exact) mass is 674 g/mol. The van der Waals surface area contributed by atoms with Gasteiger partial charge in [0.1, 0.15) is 47.8 Å². The molecule has 0 fully saturated rings. The molecule has 8 nitrogen and oxygen atoms in total. The molecule has 0 saturated carbocycles. The second-order valence-electron chi connectivity index (χ2n) is 10.7. The molecule has 4 aromatic carbocycles. The third-order valence-electron chi connectivity index (χ3n) is 7.71. The van der Waals surface area contributed by atoms with Crippen molar-refractivity contribution in [1.82, 2.24) is 0 Å². The van der Waals surface area contributed by atoms with Crippen LogP contribution in [-0.4, -0.2) is 11.9 Å². The van der Waals surface area contributed by atoms with Gasteiger partial charge in [-0.1, -0.05) is 42.5 Å². The molecule has 0 bridgehead atoms. The highest BCUT2D eigenvalue weighted by atomic mass is 32.1. The number of carbonyl (C=O) groups is 2. The first-order valence-corrected chi connectivity index (χ1v) is 16.6. The van der Waals surface area contributed by atoms with Gasteiger partial charge in [-0.2, -0.15) is 21.0 Å². The summed E-state index contributed by atoms with van der Waals surface area (Å²) in [6.07, 6.45) is -0.384. The Labute approximate surface area is 288 Å². The van der Waals surface area contributed by atoms with Crippen molar-refractivity contribution in [3.05, 3.63) is 112 Å². The molecule has 0 saturated heterocycles. The minimum absolute atomic E-state index is 0.115. The maximum Gasteiger partial charge on any atom is 0.311 e. The van der Waals surface area contributed by atoms with Gasteiger partial charge in [-0.05, 0) is 86.6 Å². The van der Waals surface area contributed by atoms with E-state index in [4.69, 9.17) is 9.47 Å². The van der Waals surface area contributed by atoms with Crippen LogP contribution in [0.1, 0.15) is 18.4 Å². The molecule has 6 rings (SSSR count). The lowest BCUT2D eigenvalue weighted by Gasteiger charge is -2.11. The van der Waals surface area contributed by atoms with Crippen LogP contribution < -0.4 is 15.2 Å². The molecule has 10 heteroatoms. The fraction of sp³-hybridized carbons (Fsp3) is 0.0769. The predicted molar refractivity (Wildman–Crippen MR) is 188 cm³/mol. The molecule has 6 aromatic rings. The van der Waals surface area contributed by atoms with Crippen molar-refractivity contribution in [2.45, 2.75) is 19.4 Å². The van der Waals surface area contributed by atoms with Crippen molar-refractivity contribution < 1.29 is 19.1 Å². The summed E-state index contributed by atoms with van der Waals surface area (Å²) < 4.78 is 10.9. The van der Waals surface area contributed by atoms with Gasteiger partial charge in [0.25, 0.3) is 0 Å². The Kier molecular flexibility index (Phi) is 9.56. The molecule has 2 heterocycles. The van der Waals surface area contributed by atoms with Gasteiger partial charge < -0.3 is 9.47 Å². The molecule has 0 radical (unpaired) electrons. The average molecular weight is 675 g/mol. The Morgan fingerprint density at radius 2 is 1.22 bits per heavy atom. The first kappa shape index (κ1) is 32.4. The summed E-state index contributed by atoms with van der Waals surface area (Å²) in [5, 5.41) is 43.8. The van der Waals surface area contributed by atoms with Gasteiger partial charge in [-0.3, -0.25) is 9.59 Å². The normalized spacial score (nSPS) is 10.4. The Balaban J connectivity index is 1.14. The Morgan fingerprint density at radius 3 is 1.86 bits per heavy atom. The Morgan fingerprint density at radius 1 is 0.612 bits per heavy atom. The molecule has 0 atom stereocenters. The summed E-state index contributed by atoms with van der Waals surface area (Å²) in [5.41, 5.74) is 1.30. The summed E-state index contributed by atoms with van der Waals surface area (Å²) in [4.78, 5) is 28.6. The Bertz CT molecular complexity index is 2530. The SMILES string of the molecule is N#CC(C#N)=c1c2ccccc2c(=C(C#N)C#N)c2cc(COC(=O)CCC(=O)Oc3ccc(-c4ccc(-c5cccs5)s4)cc3)ccc12. The van der Waals surface area contributed by atoms with Crippen molar-refractivity contribution >= 4 is 67.3 Å². The molecular weight excluding hydrogens is 653 g/mol. The molecule has 0 N–H and O–H groups in total. The quantitative estimate of drug-likeness (QED) is 0.0930. The number of benzene rings is 4. The van der Waals surface area contributed by atoms with E-state index >= 15 is 0 Å². The zero-order valence-electron chi connectivity index (χ0n) is 25.6. The Hall–Kier alpha value is -6.56. The molecule has 0 unspecified atom stereocenters. The van der Waals surface area contributed by atoms with Crippen molar-refractivity contribution in [2.75, 3.05) is 0 Å². The average Bonchev–Trinajstić information content (AvgIpc) is 3.85. The van der Waals surface area contributed by atoms with Gasteiger partial charge in [0.05, 0.1) is 12.8 Å². The number of hydrogen-bond acceptors (Lipinski definition) is 10. The predicted octanol–water partition coefficient (Wildman–Crippen LogP) is 7.27. The fourth-order valence-corrected chi connectivity index (χ4v) is 7.33. The summed E-state index contributed by atoms with van der Waals surface area (Å²) in [6.45, 7) is -0.148. The molecule has 0 spiro atoms. The minimum atomic E-state index is -0.614. The highest BCUT2D eigenvalue weighted by molar-refractivity contribution is 7.23. The zero-order chi connectivity index (χ0) is 34.3. The fourth-order valence-electron chi connectivity index (χ4n) is 5.48. The molecular formula is C39H22N4O4S2. The largest absolute Gasteiger partial charge is 0.461 e. The second-order valence-corrected chi connectivity index (χ2v) is 12.7. The molecule has 0 aliphatic rings. The van der Waals surface area contributed by atoms with E-state index in [9.17, 15) is 30.6 Å². The van der Waals surface area contributed by atoms with E-state index < -0.39 is 11.9 Å². The van der Waals surface area contributed by atoms with E-state index in [1.165, 1.54) is 9.75 Å². The van der Waals surface area contributed by atoms with Gasteiger partial charge in [0.15, 0.2) is 0 Å². The van der Waals surface area contributed by atoms with E-state index in [1.807, 2.05) is 47.9 Å². The van der Waals surface area contributed by atoms with Gasteiger partial charge in [-0.15, -0.1) is 22.7 Å². The molecule has 49 heavy (non-hydrogen) atoms. The summed E-state index contributed by atoms with van der Waals surface area (Å²) in [5.74, 6) is -0.819. The lowest BCUT2D eigenvalue weighted by Crippen LogP contribution is -2.19. The number of rotatable bonds is 8. The molecule has 2 aromatic heterocycles. The number of nitriles is 4. The van der Waals surface area contributed by atoms with E-state index in [1.54, 1.807) is 77.3 Å². The highest BCUT2D eigenvalue weighted by Crippen LogP contribution is 2.37. The third-order valence-corrected chi connectivity index (χ3v) is 9.91. The van der Waals surface area contributed by atoms with Crippen molar-refractivity contribution in [2.24, 2.45) is 0 Å². The smallest absolute Gasteiger partial charge is 0.311 e. The topological polar surface area (TPSA) is 148 Å². The maximum atomic E-state index is 12.6. The minimum Gasteiger partial charge on any atom is -0.461 e. The number of esters is 2. The second kappa shape index (κ2) is 14.5. The summed E-state index contributed by atoms with van der Waals surface area (Å²) >= 11 is 3.38. The number of nitrogens with zero attached hydrogens (tertiary/aromatic N) is 4. The van der Waals surface area contributed by atoms with Crippen LogP contribution in [0.5, 0.6) is 5.75 Å². The summed E-state index contributed by atoms with van der Waals surface area (Å²) in [6, 6.07) is 35.2. The maximum absolute atomic E-state index is 12.6. The van der Waals surface area contributed by atoms with Crippen molar-refractivity contribution in [3.8, 4) is 50.2 Å². The standard InChI is InChI=1S/C39H22N4O4S2/c40-19-26(20-41)38-29-4-1-2-5-30(29)39(27(21-42)22-43)32-18-24(7-12-31(32)38)23-46-36(44)15-16-37(45)47-28-10-8-25(9-11-28)33-13-14-35(49-33)34-6-3-17-48-34/h1-14,17-18H,15-16,23H2. The zero-order valence-corrected chi connectivity index (χ0v) is 27.2. The van der Waals surface area contributed by atoms with E-state index in [2.05, 4.69) is 18.2 Å². The van der Waals surface area contributed by atoms with Crippen LogP contribution in [0.2, 0.25) is 0 Å². The van der Waals surface area contributed by atoms with Gasteiger partial charge >= 0.3 is 11.9 Å². The van der Waals surface area contributed by atoms with Gasteiger partial charge in [0.2, 0.25) is 0 Å². The van der Waals surface area contributed by atoms with E-state index in [0.717, 1.165) is 10.4 Å². The number of carbonyl (C=O) groups excluding carboxylic acids is 2. The van der Waals surface area contributed by atoms with Crippen LogP contribution in [0.25, 0.3) is 52.9 Å². The van der Waals surface area contributed by atoms with Crippen LogP contribution in [0, 0.1) is 45.3 Å². The van der Waals surface area contributed by atoms with Crippen LogP contribution in [0.4, 0.5) is 0 Å². The molecule has 0 aliphatic heterocycles. The lowest BCUT2D eigenvalue weighted by atomic mass is 9.93. The summed E-state index contributed by atoms with van der Waals surface area (Å²) in [7, 11) is 0. The molecule has 234 valence electrons. The van der Waals surface area contributed by atoms with Crippen LogP contribution >= 0.6 is 22.7 Å². The molecule has 0 aliphatic carbocycles. The van der Waals surface area contributed by atoms with Gasteiger partial charge in [0, 0.05) is 25.1 Å². The van der Waals surface area contributed by atoms with Crippen molar-refractivity contribution in [3.63, 3.8) is 0 Å². The number of ether oxygens (including phenoxy) is 2. The van der Waals surface area contributed by atoms with E-state index in [0.29, 0.717) is 43.3 Å². The first-order chi connectivity index (χ1) is 23.9. The van der Waals surface area contributed by atoms with Crippen LogP contribution in [0.15, 0.2) is 96.4 Å². The van der Waals surface area contributed by atoms with Gasteiger partial charge in [-0.25, -0.2) is 0 Å². The van der Waals surface area contributed by atoms with E-state index in [-0.39, 0.29) is 30.6 Å². The van der Waals surface area contributed by atoms with Crippen LogP contribution in [0.3, 0.4) is 0 Å². The van der Waals surface area contributed by atoms with Crippen molar-refractivity contribution in [1.29, 1.82) is 21.0 Å². The first-order valence-electron chi connectivity index (χ1n) is 14.9. The molecule has 0 amide bonds. The third kappa shape index (κ3) is 6.79.